The number of benzene rings is 2. The number of aldehydes is 1. The summed E-state index contributed by atoms with van der Waals surface area (Å²) in [6.07, 6.45) is 1.57. The zero-order valence-electron chi connectivity index (χ0n) is 12.1. The molecule has 0 aliphatic carbocycles. The van der Waals surface area contributed by atoms with Gasteiger partial charge in [0.05, 0.1) is 12.3 Å². The van der Waals surface area contributed by atoms with Gasteiger partial charge in [-0.2, -0.15) is 0 Å². The Hall–Kier alpha value is -2.33. The first-order valence-corrected chi connectivity index (χ1v) is 7.30. The zero-order valence-corrected chi connectivity index (χ0v) is 12.9. The van der Waals surface area contributed by atoms with Crippen molar-refractivity contribution in [2.45, 2.75) is 13.3 Å². The summed E-state index contributed by atoms with van der Waals surface area (Å²) in [6.45, 7) is 2.52. The molecule has 0 radical (unpaired) electrons. The van der Waals surface area contributed by atoms with Crippen LogP contribution in [-0.4, -0.2) is 18.8 Å². The number of amides is 1. The molecule has 0 atom stereocenters. The Balaban J connectivity index is 2.26. The molecular formula is C17H16ClNO3. The number of nitrogens with one attached hydrogen (secondary N) is 1. The maximum Gasteiger partial charge on any atom is 0.255 e. The fraction of sp³-hybridized carbons (Fsp3) is 0.176. The largest absolute Gasteiger partial charge is 0.491 e. The Morgan fingerprint density at radius 3 is 2.77 bits per heavy atom. The molecule has 1 amide bonds. The highest BCUT2D eigenvalue weighted by Gasteiger charge is 2.11. The van der Waals surface area contributed by atoms with Crippen molar-refractivity contribution in [2.24, 2.45) is 0 Å². The molecule has 2 aromatic carbocycles. The van der Waals surface area contributed by atoms with Gasteiger partial charge in [-0.3, -0.25) is 9.59 Å². The van der Waals surface area contributed by atoms with Gasteiger partial charge in [0.15, 0.2) is 0 Å². The van der Waals surface area contributed by atoms with Crippen LogP contribution in [0.15, 0.2) is 42.5 Å². The molecule has 0 aliphatic heterocycles. The molecule has 0 saturated heterocycles. The Labute approximate surface area is 134 Å². The van der Waals surface area contributed by atoms with E-state index in [0.717, 1.165) is 12.7 Å². The predicted molar refractivity (Wildman–Crippen MR) is 87.0 cm³/mol. The third-order valence-corrected chi connectivity index (χ3v) is 3.17. The van der Waals surface area contributed by atoms with Crippen molar-refractivity contribution >= 4 is 29.5 Å². The van der Waals surface area contributed by atoms with E-state index in [-0.39, 0.29) is 5.91 Å². The molecule has 0 unspecified atom stereocenters. The maximum atomic E-state index is 12.3. The van der Waals surface area contributed by atoms with Crippen LogP contribution in [-0.2, 0) is 0 Å². The van der Waals surface area contributed by atoms with Crippen molar-refractivity contribution in [3.8, 4) is 5.75 Å². The summed E-state index contributed by atoms with van der Waals surface area (Å²) in [5.41, 5.74) is 1.36. The van der Waals surface area contributed by atoms with E-state index < -0.39 is 0 Å². The summed E-state index contributed by atoms with van der Waals surface area (Å²) >= 11 is 5.89. The van der Waals surface area contributed by atoms with Crippen LogP contribution in [0.4, 0.5) is 5.69 Å². The van der Waals surface area contributed by atoms with Crippen LogP contribution < -0.4 is 10.1 Å². The zero-order chi connectivity index (χ0) is 15.9. The summed E-state index contributed by atoms with van der Waals surface area (Å²) in [4.78, 5) is 23.2. The monoisotopic (exact) mass is 317 g/mol. The summed E-state index contributed by atoms with van der Waals surface area (Å²) in [6, 6.07) is 11.5. The Morgan fingerprint density at radius 1 is 1.27 bits per heavy atom. The van der Waals surface area contributed by atoms with Crippen LogP contribution in [0.2, 0.25) is 5.02 Å². The van der Waals surface area contributed by atoms with Crippen LogP contribution in [0.25, 0.3) is 0 Å². The van der Waals surface area contributed by atoms with Gasteiger partial charge in [0, 0.05) is 16.1 Å². The van der Waals surface area contributed by atoms with Gasteiger partial charge < -0.3 is 10.1 Å². The minimum absolute atomic E-state index is 0.313. The summed E-state index contributed by atoms with van der Waals surface area (Å²) in [7, 11) is 0. The lowest BCUT2D eigenvalue weighted by molar-refractivity contribution is 0.102. The van der Waals surface area contributed by atoms with Crippen molar-refractivity contribution in [2.75, 3.05) is 11.9 Å². The lowest BCUT2D eigenvalue weighted by Gasteiger charge is -2.13. The maximum absolute atomic E-state index is 12.3. The van der Waals surface area contributed by atoms with Gasteiger partial charge in [-0.15, -0.1) is 0 Å². The van der Waals surface area contributed by atoms with Gasteiger partial charge >= 0.3 is 0 Å². The predicted octanol–water partition coefficient (Wildman–Crippen LogP) is 4.19. The quantitative estimate of drug-likeness (QED) is 0.813. The normalized spacial score (nSPS) is 10.1. The number of carbonyl (C=O) groups excluding carboxylic acids is 2. The van der Waals surface area contributed by atoms with Crippen molar-refractivity contribution < 1.29 is 14.3 Å². The minimum atomic E-state index is -0.313. The van der Waals surface area contributed by atoms with E-state index in [1.54, 1.807) is 42.5 Å². The van der Waals surface area contributed by atoms with E-state index in [1.165, 1.54) is 0 Å². The summed E-state index contributed by atoms with van der Waals surface area (Å²) < 4.78 is 5.59. The first-order chi connectivity index (χ1) is 10.6. The molecule has 0 bridgehead atoms. The topological polar surface area (TPSA) is 55.4 Å². The molecule has 1 N–H and O–H groups in total. The molecular weight excluding hydrogens is 302 g/mol. The molecule has 0 spiro atoms. The smallest absolute Gasteiger partial charge is 0.255 e. The number of rotatable bonds is 6. The molecule has 5 heteroatoms. The molecule has 0 saturated carbocycles. The van der Waals surface area contributed by atoms with Crippen molar-refractivity contribution in [3.63, 3.8) is 0 Å². The second kappa shape index (κ2) is 7.61. The fourth-order valence-electron chi connectivity index (χ4n) is 1.88. The Morgan fingerprint density at radius 2 is 2.09 bits per heavy atom. The molecule has 0 heterocycles. The number of anilines is 1. The average Bonchev–Trinajstić information content (AvgIpc) is 2.53. The van der Waals surface area contributed by atoms with Crippen LogP contribution >= 0.6 is 11.6 Å². The first-order valence-electron chi connectivity index (χ1n) is 6.93. The van der Waals surface area contributed by atoms with Crippen LogP contribution in [0.3, 0.4) is 0 Å². The van der Waals surface area contributed by atoms with Crippen LogP contribution in [0, 0.1) is 0 Å². The molecule has 0 fully saturated rings. The van der Waals surface area contributed by atoms with Gasteiger partial charge in [0.2, 0.25) is 0 Å². The lowest BCUT2D eigenvalue weighted by Crippen LogP contribution is -2.13. The highest BCUT2D eigenvalue weighted by Crippen LogP contribution is 2.26. The molecule has 2 rings (SSSR count). The lowest BCUT2D eigenvalue weighted by atomic mass is 10.1. The molecule has 22 heavy (non-hydrogen) atoms. The second-order valence-electron chi connectivity index (χ2n) is 4.69. The molecule has 2 aromatic rings. The van der Waals surface area contributed by atoms with Gasteiger partial charge in [0.25, 0.3) is 5.91 Å². The first kappa shape index (κ1) is 16.0. The van der Waals surface area contributed by atoms with E-state index in [2.05, 4.69) is 5.32 Å². The van der Waals surface area contributed by atoms with Crippen molar-refractivity contribution in [3.05, 3.63) is 58.6 Å². The number of carbonyl (C=O) groups is 2. The Kier molecular flexibility index (Phi) is 5.55. The Bertz CT molecular complexity index is 685. The van der Waals surface area contributed by atoms with E-state index in [4.69, 9.17) is 16.3 Å². The number of hydrogen-bond donors (Lipinski definition) is 1. The SMILES string of the molecule is CCCOc1ccc(C=O)cc1NC(=O)c1cccc(Cl)c1. The van der Waals surface area contributed by atoms with Crippen LogP contribution in [0.1, 0.15) is 34.1 Å². The molecule has 4 nitrogen and oxygen atoms in total. The van der Waals surface area contributed by atoms with Crippen LogP contribution in [0.5, 0.6) is 5.75 Å². The number of hydrogen-bond acceptors (Lipinski definition) is 3. The van der Waals surface area contributed by atoms with E-state index >= 15 is 0 Å². The highest BCUT2D eigenvalue weighted by molar-refractivity contribution is 6.31. The second-order valence-corrected chi connectivity index (χ2v) is 5.12. The van der Waals surface area contributed by atoms with Gasteiger partial charge in [-0.25, -0.2) is 0 Å². The molecule has 114 valence electrons. The van der Waals surface area contributed by atoms with Gasteiger partial charge in [-0.1, -0.05) is 24.6 Å². The van der Waals surface area contributed by atoms with E-state index in [9.17, 15) is 9.59 Å². The van der Waals surface area contributed by atoms with Gasteiger partial charge in [0.1, 0.15) is 12.0 Å². The highest BCUT2D eigenvalue weighted by atomic mass is 35.5. The van der Waals surface area contributed by atoms with E-state index in [1.807, 2.05) is 6.92 Å². The minimum Gasteiger partial charge on any atom is -0.491 e. The standard InChI is InChI=1S/C17H16ClNO3/c1-2-8-22-16-7-6-12(11-20)9-15(16)19-17(21)13-4-3-5-14(18)10-13/h3-7,9-11H,2,8H2,1H3,(H,19,21). The summed E-state index contributed by atoms with van der Waals surface area (Å²) in [5.74, 6) is 0.217. The molecule has 0 aromatic heterocycles. The van der Waals surface area contributed by atoms with Gasteiger partial charge in [-0.05, 0) is 42.8 Å². The van der Waals surface area contributed by atoms with Crippen molar-refractivity contribution in [1.82, 2.24) is 0 Å². The molecule has 0 aliphatic rings. The number of halogens is 1. The van der Waals surface area contributed by atoms with E-state index in [0.29, 0.717) is 34.2 Å². The summed E-state index contributed by atoms with van der Waals surface area (Å²) in [5, 5.41) is 3.24. The fourth-order valence-corrected chi connectivity index (χ4v) is 2.07. The average molecular weight is 318 g/mol. The third-order valence-electron chi connectivity index (χ3n) is 2.94. The van der Waals surface area contributed by atoms with Crippen molar-refractivity contribution in [1.29, 1.82) is 0 Å². The third kappa shape index (κ3) is 4.09. The number of ether oxygens (including phenoxy) is 1.